The highest BCUT2D eigenvalue weighted by Crippen LogP contribution is 1.99. The van der Waals surface area contributed by atoms with Crippen LogP contribution in [0.3, 0.4) is 0 Å². The highest BCUT2D eigenvalue weighted by molar-refractivity contribution is 5.72. The predicted octanol–water partition coefficient (Wildman–Crippen LogP) is 0.856. The normalized spacial score (nSPS) is 12.7. The Labute approximate surface area is 89.1 Å². The van der Waals surface area contributed by atoms with Crippen LogP contribution in [0, 0.1) is 0 Å². The van der Waals surface area contributed by atoms with Crippen molar-refractivity contribution in [3.05, 3.63) is 18.2 Å². The summed E-state index contributed by atoms with van der Waals surface area (Å²) in [5, 5.41) is 11.6. The number of carboxylic acid groups (broad SMARTS) is 1. The smallest absolute Gasteiger partial charge is 0.320 e. The second kappa shape index (κ2) is 5.50. The van der Waals surface area contributed by atoms with Crippen molar-refractivity contribution in [3.63, 3.8) is 0 Å². The molecule has 84 valence electrons. The molecule has 0 aromatic carbocycles. The molecule has 0 saturated carbocycles. The van der Waals surface area contributed by atoms with Crippen molar-refractivity contribution in [2.24, 2.45) is 0 Å². The Kier molecular flexibility index (Phi) is 4.30. The van der Waals surface area contributed by atoms with E-state index in [0.717, 1.165) is 18.8 Å². The highest BCUT2D eigenvalue weighted by Gasteiger charge is 2.10. The minimum absolute atomic E-state index is 0.487. The van der Waals surface area contributed by atoms with Crippen molar-refractivity contribution in [1.82, 2.24) is 14.9 Å². The quantitative estimate of drug-likeness (QED) is 0.732. The van der Waals surface area contributed by atoms with Gasteiger partial charge in [-0.2, -0.15) is 0 Å². The summed E-state index contributed by atoms with van der Waals surface area (Å²) in [5.41, 5.74) is 0. The molecule has 0 bridgehead atoms. The van der Waals surface area contributed by atoms with Gasteiger partial charge in [0, 0.05) is 18.9 Å². The first kappa shape index (κ1) is 11.7. The summed E-state index contributed by atoms with van der Waals surface area (Å²) in [5.74, 6) is 0.0357. The SMILES string of the molecule is CCCn1ccnc1CNC(C)C(=O)O. The summed E-state index contributed by atoms with van der Waals surface area (Å²) < 4.78 is 2.03. The van der Waals surface area contributed by atoms with E-state index < -0.39 is 12.0 Å². The molecule has 2 N–H and O–H groups in total. The molecule has 5 nitrogen and oxygen atoms in total. The first-order chi connectivity index (χ1) is 7.15. The molecule has 1 aromatic heterocycles. The number of aromatic nitrogens is 2. The number of carbonyl (C=O) groups is 1. The molecule has 1 unspecified atom stereocenters. The lowest BCUT2D eigenvalue weighted by atomic mass is 10.3. The fourth-order valence-electron chi connectivity index (χ4n) is 1.28. The molecular formula is C10H17N3O2. The highest BCUT2D eigenvalue weighted by atomic mass is 16.4. The van der Waals surface area contributed by atoms with Gasteiger partial charge in [0.05, 0.1) is 6.54 Å². The Bertz CT molecular complexity index is 322. The van der Waals surface area contributed by atoms with Crippen LogP contribution in [0.2, 0.25) is 0 Å². The number of aliphatic carboxylic acids is 1. The number of carboxylic acids is 1. The van der Waals surface area contributed by atoms with Crippen LogP contribution >= 0.6 is 0 Å². The Morgan fingerprint density at radius 2 is 2.47 bits per heavy atom. The van der Waals surface area contributed by atoms with Crippen LogP contribution in [0.5, 0.6) is 0 Å². The van der Waals surface area contributed by atoms with E-state index in [4.69, 9.17) is 5.11 Å². The lowest BCUT2D eigenvalue weighted by molar-refractivity contribution is -0.139. The van der Waals surface area contributed by atoms with Crippen LogP contribution in [0.1, 0.15) is 26.1 Å². The van der Waals surface area contributed by atoms with Gasteiger partial charge in [0.15, 0.2) is 0 Å². The lowest BCUT2D eigenvalue weighted by Crippen LogP contribution is -2.33. The number of aryl methyl sites for hydroxylation is 1. The van der Waals surface area contributed by atoms with Crippen LogP contribution in [0.4, 0.5) is 0 Å². The second-order valence-corrected chi connectivity index (χ2v) is 3.48. The minimum atomic E-state index is -0.844. The van der Waals surface area contributed by atoms with Crippen molar-refractivity contribution < 1.29 is 9.90 Å². The molecule has 0 aliphatic carbocycles. The van der Waals surface area contributed by atoms with E-state index in [1.807, 2.05) is 10.8 Å². The summed E-state index contributed by atoms with van der Waals surface area (Å²) in [7, 11) is 0. The molecule has 5 heteroatoms. The van der Waals surface area contributed by atoms with E-state index in [1.165, 1.54) is 0 Å². The molecule has 0 aliphatic rings. The van der Waals surface area contributed by atoms with Gasteiger partial charge >= 0.3 is 5.97 Å². The van der Waals surface area contributed by atoms with Gasteiger partial charge in [0.1, 0.15) is 11.9 Å². The number of hydrogen-bond acceptors (Lipinski definition) is 3. The molecule has 0 saturated heterocycles. The number of nitrogens with zero attached hydrogens (tertiary/aromatic N) is 2. The summed E-state index contributed by atoms with van der Waals surface area (Å²) >= 11 is 0. The molecule has 1 atom stereocenters. The molecule has 1 heterocycles. The number of imidazole rings is 1. The van der Waals surface area contributed by atoms with Gasteiger partial charge < -0.3 is 9.67 Å². The second-order valence-electron chi connectivity index (χ2n) is 3.48. The van der Waals surface area contributed by atoms with Crippen molar-refractivity contribution in [1.29, 1.82) is 0 Å². The zero-order valence-corrected chi connectivity index (χ0v) is 9.10. The van der Waals surface area contributed by atoms with E-state index in [9.17, 15) is 4.79 Å². The fraction of sp³-hybridized carbons (Fsp3) is 0.600. The molecule has 1 aromatic rings. The number of rotatable bonds is 6. The van der Waals surface area contributed by atoms with Gasteiger partial charge in [-0.25, -0.2) is 4.98 Å². The molecule has 0 aliphatic heterocycles. The Morgan fingerprint density at radius 1 is 1.73 bits per heavy atom. The Morgan fingerprint density at radius 3 is 3.07 bits per heavy atom. The van der Waals surface area contributed by atoms with Crippen molar-refractivity contribution in [3.8, 4) is 0 Å². The summed E-state index contributed by atoms with van der Waals surface area (Å²) in [6.45, 7) is 5.12. The number of hydrogen-bond donors (Lipinski definition) is 2. The van der Waals surface area contributed by atoms with Gasteiger partial charge in [0.25, 0.3) is 0 Å². The summed E-state index contributed by atoms with van der Waals surface area (Å²) in [4.78, 5) is 14.8. The maximum absolute atomic E-state index is 10.6. The fourth-order valence-corrected chi connectivity index (χ4v) is 1.28. The van der Waals surface area contributed by atoms with Crippen LogP contribution < -0.4 is 5.32 Å². The van der Waals surface area contributed by atoms with E-state index in [-0.39, 0.29) is 0 Å². The molecule has 0 spiro atoms. The zero-order valence-electron chi connectivity index (χ0n) is 9.10. The zero-order chi connectivity index (χ0) is 11.3. The van der Waals surface area contributed by atoms with Crippen LogP contribution in [0.25, 0.3) is 0 Å². The topological polar surface area (TPSA) is 67.2 Å². The molecule has 0 amide bonds. The van der Waals surface area contributed by atoms with Crippen molar-refractivity contribution in [2.45, 2.75) is 39.4 Å². The maximum atomic E-state index is 10.6. The molecule has 15 heavy (non-hydrogen) atoms. The number of nitrogens with one attached hydrogen (secondary N) is 1. The van der Waals surface area contributed by atoms with E-state index >= 15 is 0 Å². The molecule has 1 rings (SSSR count). The van der Waals surface area contributed by atoms with Gasteiger partial charge in [-0.3, -0.25) is 10.1 Å². The largest absolute Gasteiger partial charge is 0.480 e. The van der Waals surface area contributed by atoms with Crippen molar-refractivity contribution >= 4 is 5.97 Å². The van der Waals surface area contributed by atoms with Crippen LogP contribution in [0.15, 0.2) is 12.4 Å². The van der Waals surface area contributed by atoms with Gasteiger partial charge in [0.2, 0.25) is 0 Å². The minimum Gasteiger partial charge on any atom is -0.480 e. The third-order valence-corrected chi connectivity index (χ3v) is 2.20. The Balaban J connectivity index is 2.49. The predicted molar refractivity (Wildman–Crippen MR) is 56.5 cm³/mol. The molecule has 0 fully saturated rings. The van der Waals surface area contributed by atoms with Gasteiger partial charge in [-0.15, -0.1) is 0 Å². The molecular weight excluding hydrogens is 194 g/mol. The molecule has 0 radical (unpaired) electrons. The standard InChI is InChI=1S/C10H17N3O2/c1-3-5-13-6-4-11-9(13)7-12-8(2)10(14)15/h4,6,8,12H,3,5,7H2,1-2H3,(H,14,15). The first-order valence-electron chi connectivity index (χ1n) is 5.11. The van der Waals surface area contributed by atoms with Crippen LogP contribution in [-0.2, 0) is 17.9 Å². The third-order valence-electron chi connectivity index (χ3n) is 2.20. The lowest BCUT2D eigenvalue weighted by Gasteiger charge is -2.10. The van der Waals surface area contributed by atoms with Gasteiger partial charge in [-0.05, 0) is 13.3 Å². The van der Waals surface area contributed by atoms with Gasteiger partial charge in [-0.1, -0.05) is 6.92 Å². The van der Waals surface area contributed by atoms with Crippen molar-refractivity contribution in [2.75, 3.05) is 0 Å². The third kappa shape index (κ3) is 3.36. The monoisotopic (exact) mass is 211 g/mol. The van der Waals surface area contributed by atoms with E-state index in [0.29, 0.717) is 6.54 Å². The Hall–Kier alpha value is -1.36. The summed E-state index contributed by atoms with van der Waals surface area (Å²) in [6.07, 6.45) is 4.68. The van der Waals surface area contributed by atoms with Crippen LogP contribution in [-0.4, -0.2) is 26.7 Å². The maximum Gasteiger partial charge on any atom is 0.320 e. The van der Waals surface area contributed by atoms with E-state index in [2.05, 4.69) is 17.2 Å². The first-order valence-corrected chi connectivity index (χ1v) is 5.11. The average Bonchev–Trinajstić information content (AvgIpc) is 2.62. The van der Waals surface area contributed by atoms with E-state index in [1.54, 1.807) is 13.1 Å². The average molecular weight is 211 g/mol. The summed E-state index contributed by atoms with van der Waals surface area (Å²) in [6, 6.07) is -0.545.